The van der Waals surface area contributed by atoms with E-state index < -0.39 is 6.04 Å². The highest BCUT2D eigenvalue weighted by Crippen LogP contribution is 2.26. The molecule has 0 fully saturated rings. The van der Waals surface area contributed by atoms with Gasteiger partial charge in [-0.2, -0.15) is 0 Å². The van der Waals surface area contributed by atoms with Crippen LogP contribution in [0.3, 0.4) is 0 Å². The van der Waals surface area contributed by atoms with E-state index in [-0.39, 0.29) is 17.8 Å². The molecule has 1 unspecified atom stereocenters. The Kier molecular flexibility index (Phi) is 7.55. The lowest BCUT2D eigenvalue weighted by molar-refractivity contribution is -0.123. The van der Waals surface area contributed by atoms with Gasteiger partial charge in [-0.05, 0) is 54.2 Å². The van der Waals surface area contributed by atoms with Gasteiger partial charge in [0.05, 0.1) is 0 Å². The molecular formula is C24H25ClFN3O. The lowest BCUT2D eigenvalue weighted by Crippen LogP contribution is -2.38. The summed E-state index contributed by atoms with van der Waals surface area (Å²) in [4.78, 5) is 16.8. The van der Waals surface area contributed by atoms with Crippen LogP contribution in [0.4, 0.5) is 4.39 Å². The number of aryl methyl sites for hydroxylation is 2. The number of hydrogen-bond acceptors (Lipinski definition) is 3. The zero-order valence-corrected chi connectivity index (χ0v) is 17.8. The number of benzene rings is 2. The SMILES string of the molecule is CNC(=O)C(N[C@@H](CCc1ccc(Cl)nc1)c1ccc(F)c(C)c1)c1ccccc1. The van der Waals surface area contributed by atoms with Crippen molar-refractivity contribution in [3.05, 3.63) is 100 Å². The van der Waals surface area contributed by atoms with Crippen molar-refractivity contribution in [2.75, 3.05) is 7.05 Å². The summed E-state index contributed by atoms with van der Waals surface area (Å²) in [6.07, 6.45) is 3.19. The second-order valence-electron chi connectivity index (χ2n) is 7.21. The molecule has 0 aliphatic rings. The standard InChI is InChI=1S/C24H25ClFN3O/c1-16-14-19(10-11-20(16)26)21(12-8-17-9-13-22(25)28-15-17)29-23(24(30)27-2)18-6-4-3-5-7-18/h3-7,9-11,13-15,21,23,29H,8,12H2,1-2H3,(H,27,30)/t21-,23?/m0/s1. The van der Waals surface area contributed by atoms with Crippen molar-refractivity contribution in [1.82, 2.24) is 15.6 Å². The van der Waals surface area contributed by atoms with Crippen molar-refractivity contribution in [2.24, 2.45) is 0 Å². The molecule has 0 saturated carbocycles. The average molecular weight is 426 g/mol. The van der Waals surface area contributed by atoms with E-state index in [0.717, 1.165) is 23.1 Å². The number of carbonyl (C=O) groups is 1. The predicted octanol–water partition coefficient (Wildman–Crippen LogP) is 4.93. The summed E-state index contributed by atoms with van der Waals surface area (Å²) < 4.78 is 13.9. The van der Waals surface area contributed by atoms with Crippen molar-refractivity contribution in [3.63, 3.8) is 0 Å². The van der Waals surface area contributed by atoms with Crippen LogP contribution in [0.1, 0.15) is 40.8 Å². The average Bonchev–Trinajstić information content (AvgIpc) is 2.77. The first-order valence-electron chi connectivity index (χ1n) is 9.87. The smallest absolute Gasteiger partial charge is 0.241 e. The number of amides is 1. The Balaban J connectivity index is 1.89. The van der Waals surface area contributed by atoms with Gasteiger partial charge in [0.25, 0.3) is 0 Å². The summed E-state index contributed by atoms with van der Waals surface area (Å²) in [5.74, 6) is -0.372. The van der Waals surface area contributed by atoms with Crippen molar-refractivity contribution in [1.29, 1.82) is 0 Å². The van der Waals surface area contributed by atoms with Crippen molar-refractivity contribution >= 4 is 17.5 Å². The third-order valence-electron chi connectivity index (χ3n) is 5.10. The van der Waals surface area contributed by atoms with Gasteiger partial charge in [-0.3, -0.25) is 10.1 Å². The van der Waals surface area contributed by atoms with Crippen LogP contribution >= 0.6 is 11.6 Å². The molecule has 0 spiro atoms. The maximum absolute atomic E-state index is 13.9. The van der Waals surface area contributed by atoms with Crippen LogP contribution in [0.2, 0.25) is 5.15 Å². The van der Waals surface area contributed by atoms with Crippen LogP contribution in [0.15, 0.2) is 66.9 Å². The summed E-state index contributed by atoms with van der Waals surface area (Å²) in [6, 6.07) is 17.6. The minimum atomic E-state index is -0.532. The van der Waals surface area contributed by atoms with Crippen LogP contribution in [0.25, 0.3) is 0 Å². The first kappa shape index (κ1) is 21.9. The van der Waals surface area contributed by atoms with E-state index in [9.17, 15) is 9.18 Å². The number of rotatable bonds is 8. The van der Waals surface area contributed by atoms with Gasteiger partial charge < -0.3 is 5.32 Å². The van der Waals surface area contributed by atoms with Crippen molar-refractivity contribution in [2.45, 2.75) is 31.8 Å². The number of aromatic nitrogens is 1. The Hall–Kier alpha value is -2.76. The van der Waals surface area contributed by atoms with Gasteiger partial charge in [-0.15, -0.1) is 0 Å². The topological polar surface area (TPSA) is 54.0 Å². The largest absolute Gasteiger partial charge is 0.358 e. The highest BCUT2D eigenvalue weighted by molar-refractivity contribution is 6.29. The van der Waals surface area contributed by atoms with E-state index in [2.05, 4.69) is 15.6 Å². The van der Waals surface area contributed by atoms with Crippen LogP contribution in [0, 0.1) is 12.7 Å². The van der Waals surface area contributed by atoms with E-state index in [4.69, 9.17) is 11.6 Å². The lowest BCUT2D eigenvalue weighted by atomic mass is 9.95. The van der Waals surface area contributed by atoms with E-state index in [1.54, 1.807) is 32.3 Å². The molecule has 4 nitrogen and oxygen atoms in total. The molecule has 0 aliphatic carbocycles. The monoisotopic (exact) mass is 425 g/mol. The molecule has 1 amide bonds. The molecule has 0 aliphatic heterocycles. The molecule has 2 atom stereocenters. The van der Waals surface area contributed by atoms with Gasteiger partial charge in [0, 0.05) is 19.3 Å². The second-order valence-corrected chi connectivity index (χ2v) is 7.60. The normalized spacial score (nSPS) is 12.9. The molecule has 6 heteroatoms. The second kappa shape index (κ2) is 10.3. The number of nitrogens with one attached hydrogen (secondary N) is 2. The molecule has 3 rings (SSSR count). The van der Waals surface area contributed by atoms with E-state index in [0.29, 0.717) is 17.1 Å². The Morgan fingerprint density at radius 2 is 1.87 bits per heavy atom. The molecule has 1 aromatic heterocycles. The van der Waals surface area contributed by atoms with Crippen LogP contribution in [-0.2, 0) is 11.2 Å². The highest BCUT2D eigenvalue weighted by Gasteiger charge is 2.24. The predicted molar refractivity (Wildman–Crippen MR) is 118 cm³/mol. The van der Waals surface area contributed by atoms with Gasteiger partial charge in [-0.25, -0.2) is 9.37 Å². The minimum Gasteiger partial charge on any atom is -0.358 e. The molecule has 1 heterocycles. The number of likely N-dealkylation sites (N-methyl/N-ethyl adjacent to an activating group) is 1. The van der Waals surface area contributed by atoms with E-state index in [1.807, 2.05) is 42.5 Å². The van der Waals surface area contributed by atoms with Crippen LogP contribution in [-0.4, -0.2) is 17.9 Å². The molecular weight excluding hydrogens is 401 g/mol. The fourth-order valence-electron chi connectivity index (χ4n) is 3.41. The Labute approximate surface area is 181 Å². The summed E-state index contributed by atoms with van der Waals surface area (Å²) >= 11 is 5.89. The molecule has 0 radical (unpaired) electrons. The molecule has 30 heavy (non-hydrogen) atoms. The number of carbonyl (C=O) groups excluding carboxylic acids is 1. The highest BCUT2D eigenvalue weighted by atomic mass is 35.5. The van der Waals surface area contributed by atoms with Crippen molar-refractivity contribution in [3.8, 4) is 0 Å². The maximum Gasteiger partial charge on any atom is 0.241 e. The third-order valence-corrected chi connectivity index (χ3v) is 5.33. The Morgan fingerprint density at radius 3 is 2.50 bits per heavy atom. The first-order valence-corrected chi connectivity index (χ1v) is 10.2. The fraction of sp³-hybridized carbons (Fsp3) is 0.250. The number of hydrogen-bond donors (Lipinski definition) is 2. The fourth-order valence-corrected chi connectivity index (χ4v) is 3.52. The Morgan fingerprint density at radius 1 is 1.10 bits per heavy atom. The van der Waals surface area contributed by atoms with E-state index in [1.165, 1.54) is 6.07 Å². The third kappa shape index (κ3) is 5.65. The summed E-state index contributed by atoms with van der Waals surface area (Å²) in [7, 11) is 1.62. The van der Waals surface area contributed by atoms with Gasteiger partial charge in [0.15, 0.2) is 0 Å². The zero-order chi connectivity index (χ0) is 21.5. The molecule has 3 aromatic rings. The number of halogens is 2. The summed E-state index contributed by atoms with van der Waals surface area (Å²) in [6.45, 7) is 1.74. The van der Waals surface area contributed by atoms with Gasteiger partial charge in [0.1, 0.15) is 17.0 Å². The molecule has 0 saturated heterocycles. The van der Waals surface area contributed by atoms with Crippen molar-refractivity contribution < 1.29 is 9.18 Å². The number of nitrogens with zero attached hydrogens (tertiary/aromatic N) is 1. The summed E-state index contributed by atoms with van der Waals surface area (Å²) in [5, 5.41) is 6.67. The number of pyridine rings is 1. The molecule has 156 valence electrons. The van der Waals surface area contributed by atoms with E-state index >= 15 is 0 Å². The minimum absolute atomic E-state index is 0.127. The molecule has 2 N–H and O–H groups in total. The summed E-state index contributed by atoms with van der Waals surface area (Å²) in [5.41, 5.74) is 3.42. The Bertz CT molecular complexity index is 980. The lowest BCUT2D eigenvalue weighted by Gasteiger charge is -2.26. The first-order chi connectivity index (χ1) is 14.5. The maximum atomic E-state index is 13.9. The quantitative estimate of drug-likeness (QED) is 0.503. The van der Waals surface area contributed by atoms with Gasteiger partial charge in [0.2, 0.25) is 5.91 Å². The molecule has 2 aromatic carbocycles. The van der Waals surface area contributed by atoms with Crippen LogP contribution in [0.5, 0.6) is 0 Å². The zero-order valence-electron chi connectivity index (χ0n) is 17.0. The van der Waals surface area contributed by atoms with Gasteiger partial charge >= 0.3 is 0 Å². The van der Waals surface area contributed by atoms with Gasteiger partial charge in [-0.1, -0.05) is 60.1 Å². The molecule has 0 bridgehead atoms. The van der Waals surface area contributed by atoms with Crippen LogP contribution < -0.4 is 10.6 Å².